The minimum Gasteiger partial charge on any atom is -0.373 e. The van der Waals surface area contributed by atoms with Crippen LogP contribution in [0.1, 0.15) is 45.6 Å². The molecule has 0 spiro atoms. The van der Waals surface area contributed by atoms with Gasteiger partial charge in [-0.3, -0.25) is 0 Å². The third-order valence-electron chi connectivity index (χ3n) is 3.25. The average Bonchev–Trinajstić information content (AvgIpc) is 2.44. The first-order chi connectivity index (χ1) is 9.22. The van der Waals surface area contributed by atoms with Gasteiger partial charge in [-0.25, -0.2) is 0 Å². The van der Waals surface area contributed by atoms with Crippen LogP contribution in [0.5, 0.6) is 0 Å². The largest absolute Gasteiger partial charge is 0.373 e. The van der Waals surface area contributed by atoms with Gasteiger partial charge in [0.25, 0.3) is 0 Å². The molecule has 0 heterocycles. The molecular formula is C18H26O. The first-order valence-corrected chi connectivity index (χ1v) is 7.15. The highest BCUT2D eigenvalue weighted by Gasteiger charge is 1.92. The van der Waals surface area contributed by atoms with Gasteiger partial charge in [-0.05, 0) is 38.7 Å². The molecule has 1 aromatic rings. The summed E-state index contributed by atoms with van der Waals surface area (Å²) in [5, 5.41) is 0. The maximum atomic E-state index is 5.65. The molecule has 1 heteroatoms. The Morgan fingerprint density at radius 2 is 1.79 bits per heavy atom. The van der Waals surface area contributed by atoms with Crippen molar-refractivity contribution in [1.29, 1.82) is 0 Å². The van der Waals surface area contributed by atoms with E-state index in [1.54, 1.807) is 0 Å². The fraction of sp³-hybridized carbons (Fsp3) is 0.444. The Morgan fingerprint density at radius 1 is 1.05 bits per heavy atom. The number of hydrogen-bond acceptors (Lipinski definition) is 1. The molecule has 0 aromatic heterocycles. The molecular weight excluding hydrogens is 232 g/mol. The Kier molecular flexibility index (Phi) is 7.92. The Hall–Kier alpha value is -1.34. The predicted molar refractivity (Wildman–Crippen MR) is 83.1 cm³/mol. The van der Waals surface area contributed by atoms with Crippen molar-refractivity contribution in [3.05, 3.63) is 59.2 Å². The molecule has 1 aromatic carbocycles. The standard InChI is InChI=1S/C18H26O/c1-4-16(2)9-8-10-17(3)13-14-19-15-18-11-6-5-7-12-18/h5-7,9,11-13H,4,8,10,14-15H2,1-3H3/b16-9+,17-13+. The molecule has 0 aliphatic rings. The third-order valence-corrected chi connectivity index (χ3v) is 3.25. The van der Waals surface area contributed by atoms with Crippen LogP contribution in [0, 0.1) is 0 Å². The average molecular weight is 258 g/mol. The third kappa shape index (κ3) is 7.63. The number of rotatable bonds is 8. The van der Waals surface area contributed by atoms with E-state index in [2.05, 4.69) is 45.1 Å². The van der Waals surface area contributed by atoms with Gasteiger partial charge < -0.3 is 4.74 Å². The lowest BCUT2D eigenvalue weighted by molar-refractivity contribution is 0.148. The van der Waals surface area contributed by atoms with Crippen LogP contribution in [0.25, 0.3) is 0 Å². The maximum Gasteiger partial charge on any atom is 0.0721 e. The van der Waals surface area contributed by atoms with Crippen LogP contribution in [-0.2, 0) is 11.3 Å². The first-order valence-electron chi connectivity index (χ1n) is 7.15. The predicted octanol–water partition coefficient (Wildman–Crippen LogP) is 5.29. The summed E-state index contributed by atoms with van der Waals surface area (Å²) in [7, 11) is 0. The zero-order valence-corrected chi connectivity index (χ0v) is 12.5. The van der Waals surface area contributed by atoms with Crippen molar-refractivity contribution >= 4 is 0 Å². The molecule has 0 radical (unpaired) electrons. The molecule has 1 nitrogen and oxygen atoms in total. The minimum atomic E-state index is 0.694. The van der Waals surface area contributed by atoms with Gasteiger partial charge in [0.05, 0.1) is 13.2 Å². The Morgan fingerprint density at radius 3 is 2.47 bits per heavy atom. The van der Waals surface area contributed by atoms with Crippen LogP contribution in [0.2, 0.25) is 0 Å². The number of allylic oxidation sites excluding steroid dienone is 3. The quantitative estimate of drug-likeness (QED) is 0.455. The summed E-state index contributed by atoms with van der Waals surface area (Å²) in [5.74, 6) is 0. The summed E-state index contributed by atoms with van der Waals surface area (Å²) < 4.78 is 5.65. The van der Waals surface area contributed by atoms with Crippen LogP contribution in [0.15, 0.2) is 53.6 Å². The second-order valence-corrected chi connectivity index (χ2v) is 4.99. The summed E-state index contributed by atoms with van der Waals surface area (Å²) >= 11 is 0. The summed E-state index contributed by atoms with van der Waals surface area (Å²) in [6.07, 6.45) is 7.95. The van der Waals surface area contributed by atoms with E-state index in [9.17, 15) is 0 Å². The summed E-state index contributed by atoms with van der Waals surface area (Å²) in [6.45, 7) is 7.98. The smallest absolute Gasteiger partial charge is 0.0721 e. The van der Waals surface area contributed by atoms with Gasteiger partial charge >= 0.3 is 0 Å². The van der Waals surface area contributed by atoms with Crippen molar-refractivity contribution in [2.45, 2.75) is 46.6 Å². The molecule has 0 bridgehead atoms. The molecule has 0 aliphatic carbocycles. The first kappa shape index (κ1) is 15.7. The van der Waals surface area contributed by atoms with Gasteiger partial charge in [0, 0.05) is 0 Å². The SMILES string of the molecule is CC/C(C)=C/CC/C(C)=C/COCc1ccccc1. The van der Waals surface area contributed by atoms with Crippen molar-refractivity contribution in [3.63, 3.8) is 0 Å². The van der Waals surface area contributed by atoms with Crippen molar-refractivity contribution in [1.82, 2.24) is 0 Å². The Labute approximate surface area is 118 Å². The molecule has 0 amide bonds. The van der Waals surface area contributed by atoms with E-state index in [-0.39, 0.29) is 0 Å². The molecule has 0 aliphatic heterocycles. The highest BCUT2D eigenvalue weighted by molar-refractivity contribution is 5.13. The van der Waals surface area contributed by atoms with E-state index in [1.807, 2.05) is 18.2 Å². The summed E-state index contributed by atoms with van der Waals surface area (Å²) in [4.78, 5) is 0. The molecule has 0 fully saturated rings. The minimum absolute atomic E-state index is 0.694. The molecule has 0 N–H and O–H groups in total. The van der Waals surface area contributed by atoms with E-state index < -0.39 is 0 Å². The van der Waals surface area contributed by atoms with Gasteiger partial charge in [0.2, 0.25) is 0 Å². The molecule has 0 saturated heterocycles. The lowest BCUT2D eigenvalue weighted by Crippen LogP contribution is -1.93. The van der Waals surface area contributed by atoms with Crippen molar-refractivity contribution in [3.8, 4) is 0 Å². The second-order valence-electron chi connectivity index (χ2n) is 4.99. The molecule has 1 rings (SSSR count). The second kappa shape index (κ2) is 9.57. The van der Waals surface area contributed by atoms with Crippen LogP contribution >= 0.6 is 0 Å². The Bertz CT molecular complexity index is 401. The van der Waals surface area contributed by atoms with E-state index in [0.717, 1.165) is 19.3 Å². The van der Waals surface area contributed by atoms with Crippen LogP contribution in [0.3, 0.4) is 0 Å². The van der Waals surface area contributed by atoms with Crippen LogP contribution in [-0.4, -0.2) is 6.61 Å². The van der Waals surface area contributed by atoms with Gasteiger partial charge in [-0.1, -0.05) is 60.6 Å². The van der Waals surface area contributed by atoms with Gasteiger partial charge in [0.1, 0.15) is 0 Å². The van der Waals surface area contributed by atoms with Crippen LogP contribution in [0.4, 0.5) is 0 Å². The highest BCUT2D eigenvalue weighted by Crippen LogP contribution is 2.08. The lowest BCUT2D eigenvalue weighted by atomic mass is 10.1. The van der Waals surface area contributed by atoms with Gasteiger partial charge in [0.15, 0.2) is 0 Å². The fourth-order valence-corrected chi connectivity index (χ4v) is 1.74. The number of benzene rings is 1. The van der Waals surface area contributed by atoms with E-state index >= 15 is 0 Å². The van der Waals surface area contributed by atoms with E-state index in [1.165, 1.54) is 16.7 Å². The van der Waals surface area contributed by atoms with Gasteiger partial charge in [-0.2, -0.15) is 0 Å². The fourth-order valence-electron chi connectivity index (χ4n) is 1.74. The Balaban J connectivity index is 2.18. The zero-order valence-electron chi connectivity index (χ0n) is 12.5. The van der Waals surface area contributed by atoms with Gasteiger partial charge in [-0.15, -0.1) is 0 Å². The summed E-state index contributed by atoms with van der Waals surface area (Å²) in [6, 6.07) is 10.3. The topological polar surface area (TPSA) is 9.23 Å². The van der Waals surface area contributed by atoms with E-state index in [4.69, 9.17) is 4.74 Å². The van der Waals surface area contributed by atoms with Crippen molar-refractivity contribution in [2.75, 3.05) is 6.61 Å². The zero-order chi connectivity index (χ0) is 13.9. The molecule has 19 heavy (non-hydrogen) atoms. The molecule has 0 atom stereocenters. The molecule has 104 valence electrons. The highest BCUT2D eigenvalue weighted by atomic mass is 16.5. The van der Waals surface area contributed by atoms with Crippen LogP contribution < -0.4 is 0 Å². The van der Waals surface area contributed by atoms with Crippen molar-refractivity contribution < 1.29 is 4.74 Å². The maximum absolute atomic E-state index is 5.65. The molecule has 0 saturated carbocycles. The number of ether oxygens (including phenoxy) is 1. The molecule has 0 unspecified atom stereocenters. The monoisotopic (exact) mass is 258 g/mol. The van der Waals surface area contributed by atoms with Crippen molar-refractivity contribution in [2.24, 2.45) is 0 Å². The normalized spacial score (nSPS) is 12.8. The summed E-state index contributed by atoms with van der Waals surface area (Å²) in [5.41, 5.74) is 4.12. The van der Waals surface area contributed by atoms with E-state index in [0.29, 0.717) is 13.2 Å². The lowest BCUT2D eigenvalue weighted by Gasteiger charge is -2.03. The number of hydrogen-bond donors (Lipinski definition) is 0.